The van der Waals surface area contributed by atoms with E-state index < -0.39 is 0 Å². The van der Waals surface area contributed by atoms with Crippen molar-refractivity contribution >= 4 is 11.3 Å². The van der Waals surface area contributed by atoms with E-state index in [1.54, 1.807) is 0 Å². The summed E-state index contributed by atoms with van der Waals surface area (Å²) in [6.07, 6.45) is 16.8. The highest BCUT2D eigenvalue weighted by Gasteiger charge is 2.27. The van der Waals surface area contributed by atoms with Crippen molar-refractivity contribution in [1.29, 1.82) is 0 Å². The number of aromatic nitrogens is 1. The van der Waals surface area contributed by atoms with Crippen LogP contribution in [0.4, 0.5) is 0 Å². The SMILES string of the molecule is C#CC(=C)C(C)CC(Cc1ccc(CCC)cc1)c1csc(C(CCCC)CC(C(C)C)N(C)CC=C)n1. The van der Waals surface area contributed by atoms with Gasteiger partial charge in [-0.25, -0.2) is 4.98 Å². The second-order valence-corrected chi connectivity index (χ2v) is 12.4. The zero-order valence-corrected chi connectivity index (χ0v) is 25.8. The van der Waals surface area contributed by atoms with E-state index in [-0.39, 0.29) is 5.92 Å². The van der Waals surface area contributed by atoms with Crippen LogP contribution in [0.3, 0.4) is 0 Å². The first-order valence-electron chi connectivity index (χ1n) is 14.7. The van der Waals surface area contributed by atoms with Crippen LogP contribution in [-0.4, -0.2) is 29.5 Å². The van der Waals surface area contributed by atoms with Gasteiger partial charge in [-0.1, -0.05) is 96.7 Å². The van der Waals surface area contributed by atoms with E-state index in [0.717, 1.165) is 37.8 Å². The monoisotopic (exact) mass is 532 g/mol. The molecule has 0 fully saturated rings. The number of unbranched alkanes of at least 4 members (excludes halogenated alkanes) is 1. The maximum absolute atomic E-state index is 5.72. The first-order valence-corrected chi connectivity index (χ1v) is 15.6. The van der Waals surface area contributed by atoms with Crippen molar-refractivity contribution in [3.05, 3.63) is 76.3 Å². The van der Waals surface area contributed by atoms with Gasteiger partial charge in [0, 0.05) is 29.8 Å². The van der Waals surface area contributed by atoms with E-state index in [4.69, 9.17) is 11.4 Å². The van der Waals surface area contributed by atoms with E-state index in [9.17, 15) is 0 Å². The van der Waals surface area contributed by atoms with Crippen LogP contribution in [0.2, 0.25) is 0 Å². The number of likely N-dealkylation sites (N-methyl/N-ethyl adjacent to an activating group) is 1. The highest BCUT2D eigenvalue weighted by molar-refractivity contribution is 7.09. The molecule has 2 nitrogen and oxygen atoms in total. The van der Waals surface area contributed by atoms with Gasteiger partial charge < -0.3 is 0 Å². The number of terminal acetylenes is 1. The third-order valence-electron chi connectivity index (χ3n) is 7.95. The quantitative estimate of drug-likeness (QED) is 0.140. The van der Waals surface area contributed by atoms with Crippen LogP contribution in [0, 0.1) is 24.2 Å². The first kappa shape index (κ1) is 32.1. The molecule has 208 valence electrons. The van der Waals surface area contributed by atoms with Gasteiger partial charge in [0.25, 0.3) is 0 Å². The second-order valence-electron chi connectivity index (χ2n) is 11.5. The molecule has 4 atom stereocenters. The molecule has 2 rings (SSSR count). The molecule has 0 spiro atoms. The van der Waals surface area contributed by atoms with Crippen molar-refractivity contribution < 1.29 is 0 Å². The minimum atomic E-state index is 0.267. The molecule has 1 heterocycles. The molecule has 1 aromatic carbocycles. The normalized spacial score (nSPS) is 14.7. The molecule has 0 saturated carbocycles. The summed E-state index contributed by atoms with van der Waals surface area (Å²) in [5.74, 6) is 4.45. The van der Waals surface area contributed by atoms with Crippen molar-refractivity contribution in [3.63, 3.8) is 0 Å². The third-order valence-corrected chi connectivity index (χ3v) is 8.98. The summed E-state index contributed by atoms with van der Waals surface area (Å²) >= 11 is 1.86. The van der Waals surface area contributed by atoms with Crippen LogP contribution < -0.4 is 0 Å². The van der Waals surface area contributed by atoms with Gasteiger partial charge in [-0.05, 0) is 67.7 Å². The molecule has 2 aromatic rings. The molecule has 0 bridgehead atoms. The van der Waals surface area contributed by atoms with Crippen molar-refractivity contribution in [1.82, 2.24) is 9.88 Å². The van der Waals surface area contributed by atoms with Crippen LogP contribution in [0.25, 0.3) is 0 Å². The number of allylic oxidation sites excluding steroid dienone is 1. The summed E-state index contributed by atoms with van der Waals surface area (Å²) < 4.78 is 0. The zero-order valence-electron chi connectivity index (χ0n) is 25.0. The van der Waals surface area contributed by atoms with Gasteiger partial charge in [0.2, 0.25) is 0 Å². The number of thiazole rings is 1. The number of rotatable bonds is 18. The Bertz CT molecular complexity index is 1010. The Balaban J connectivity index is 2.34. The first-order chi connectivity index (χ1) is 18.2. The molecule has 0 N–H and O–H groups in total. The van der Waals surface area contributed by atoms with Gasteiger partial charge in [-0.15, -0.1) is 24.3 Å². The minimum absolute atomic E-state index is 0.267. The van der Waals surface area contributed by atoms with Gasteiger partial charge in [0.15, 0.2) is 0 Å². The number of hydrogen-bond donors (Lipinski definition) is 0. The molecule has 0 amide bonds. The Hall–Kier alpha value is -2.15. The van der Waals surface area contributed by atoms with Crippen LogP contribution >= 0.6 is 11.3 Å². The lowest BCUT2D eigenvalue weighted by Crippen LogP contribution is -2.37. The molecular weight excluding hydrogens is 480 g/mol. The fourth-order valence-corrected chi connectivity index (χ4v) is 6.55. The zero-order chi connectivity index (χ0) is 28.1. The fraction of sp³-hybridized carbons (Fsp3) is 0.571. The number of hydrogen-bond acceptors (Lipinski definition) is 3. The molecule has 1 aromatic heterocycles. The summed E-state index contributed by atoms with van der Waals surface area (Å²) in [5.41, 5.74) is 4.89. The van der Waals surface area contributed by atoms with Crippen molar-refractivity contribution in [3.8, 4) is 12.3 Å². The molecular formula is C35H52N2S. The Labute approximate surface area is 238 Å². The highest BCUT2D eigenvalue weighted by atomic mass is 32.1. The second kappa shape index (κ2) is 16.7. The van der Waals surface area contributed by atoms with Crippen LogP contribution in [0.15, 0.2) is 54.5 Å². The van der Waals surface area contributed by atoms with E-state index in [0.29, 0.717) is 23.8 Å². The molecule has 0 aliphatic heterocycles. The van der Waals surface area contributed by atoms with Gasteiger partial charge in [0.05, 0.1) is 10.7 Å². The Morgan fingerprint density at radius 1 is 1.08 bits per heavy atom. The van der Waals surface area contributed by atoms with Gasteiger partial charge >= 0.3 is 0 Å². The average Bonchev–Trinajstić information content (AvgIpc) is 3.39. The predicted octanol–water partition coefficient (Wildman–Crippen LogP) is 9.44. The predicted molar refractivity (Wildman–Crippen MR) is 169 cm³/mol. The lowest BCUT2D eigenvalue weighted by molar-refractivity contribution is 0.185. The molecule has 4 unspecified atom stereocenters. The minimum Gasteiger partial charge on any atom is -0.300 e. The summed E-state index contributed by atoms with van der Waals surface area (Å²) in [7, 11) is 2.23. The van der Waals surface area contributed by atoms with Crippen LogP contribution in [-0.2, 0) is 12.8 Å². The average molecular weight is 533 g/mol. The molecule has 0 aliphatic carbocycles. The van der Waals surface area contributed by atoms with Gasteiger partial charge in [0.1, 0.15) is 0 Å². The van der Waals surface area contributed by atoms with Crippen molar-refractivity contribution in [2.45, 2.75) is 104 Å². The van der Waals surface area contributed by atoms with Crippen molar-refractivity contribution in [2.75, 3.05) is 13.6 Å². The van der Waals surface area contributed by atoms with Gasteiger partial charge in [-0.2, -0.15) is 0 Å². The molecule has 0 radical (unpaired) electrons. The lowest BCUT2D eigenvalue weighted by Gasteiger charge is -2.33. The Morgan fingerprint density at radius 2 is 1.76 bits per heavy atom. The largest absolute Gasteiger partial charge is 0.300 e. The van der Waals surface area contributed by atoms with E-state index in [1.807, 2.05) is 17.4 Å². The lowest BCUT2D eigenvalue weighted by atomic mass is 9.85. The Morgan fingerprint density at radius 3 is 2.34 bits per heavy atom. The Kier molecular flexibility index (Phi) is 14.1. The summed E-state index contributed by atoms with van der Waals surface area (Å²) in [5, 5.41) is 3.63. The van der Waals surface area contributed by atoms with E-state index in [2.05, 4.69) is 95.3 Å². The molecule has 38 heavy (non-hydrogen) atoms. The van der Waals surface area contributed by atoms with Crippen LogP contribution in [0.5, 0.6) is 0 Å². The molecule has 3 heteroatoms. The van der Waals surface area contributed by atoms with Crippen LogP contribution in [0.1, 0.15) is 107 Å². The standard InChI is InChI=1S/C35H52N2S/c1-10-14-16-31(24-34(26(5)6)37(9)21-12-3)35-36-33(25-38-35)32(22-28(8)27(7)13-4)23-30-19-17-29(15-11-2)18-20-30/h4,12,17-20,25-26,28,31-32,34H,3,7,10-11,14-16,21-24H2,1-2,5-6,8-9H3. The summed E-state index contributed by atoms with van der Waals surface area (Å²) in [6.45, 7) is 20.4. The maximum Gasteiger partial charge on any atom is 0.0959 e. The highest BCUT2D eigenvalue weighted by Crippen LogP contribution is 2.36. The van der Waals surface area contributed by atoms with E-state index in [1.165, 1.54) is 47.5 Å². The summed E-state index contributed by atoms with van der Waals surface area (Å²) in [4.78, 5) is 7.82. The fourth-order valence-electron chi connectivity index (χ4n) is 5.50. The van der Waals surface area contributed by atoms with Crippen molar-refractivity contribution in [2.24, 2.45) is 11.8 Å². The number of benzene rings is 1. The number of nitrogens with zero attached hydrogens (tertiary/aromatic N) is 2. The van der Waals surface area contributed by atoms with Gasteiger partial charge in [-0.3, -0.25) is 4.90 Å². The smallest absolute Gasteiger partial charge is 0.0959 e. The van der Waals surface area contributed by atoms with E-state index >= 15 is 0 Å². The summed E-state index contributed by atoms with van der Waals surface area (Å²) in [6, 6.07) is 9.70. The topological polar surface area (TPSA) is 16.1 Å². The third kappa shape index (κ3) is 9.87. The molecule has 0 saturated heterocycles. The maximum atomic E-state index is 5.72. The molecule has 0 aliphatic rings. The number of aryl methyl sites for hydroxylation is 1.